The molecule has 0 radical (unpaired) electrons. The molecule has 6 nitrogen and oxygen atoms in total. The zero-order valence-electron chi connectivity index (χ0n) is 16.9. The largest absolute Gasteiger partial charge is 0.335 e. The Morgan fingerprint density at radius 2 is 1.69 bits per heavy atom. The van der Waals surface area contributed by atoms with Gasteiger partial charge >= 0.3 is 0 Å². The van der Waals surface area contributed by atoms with E-state index in [0.29, 0.717) is 20.6 Å². The second-order valence-corrected chi connectivity index (χ2v) is 10.5. The number of nitrogens with zero attached hydrogens (tertiary/aromatic N) is 3. The van der Waals surface area contributed by atoms with Gasteiger partial charge in [-0.25, -0.2) is 22.2 Å². The number of hydrogen-bond acceptors (Lipinski definition) is 5. The van der Waals surface area contributed by atoms with Gasteiger partial charge in [0, 0.05) is 36.8 Å². The molecule has 3 aromatic rings. The Morgan fingerprint density at radius 3 is 2.31 bits per heavy atom. The zero-order valence-corrected chi connectivity index (χ0v) is 19.3. The molecular formula is C21H18ClF2N3O3S2. The van der Waals surface area contributed by atoms with Gasteiger partial charge in [-0.2, -0.15) is 4.31 Å². The minimum atomic E-state index is -4.36. The standard InChI is InChI=1S/C21H18ClF2N3O3S2/c1-13-18(31-20(25-13)14-4-2-5-15(22)12-14)21(28)26-8-10-27(11-9-26)32(29,30)19-16(23)6-3-7-17(19)24/h2-7,12H,8-11H2,1H3. The lowest BCUT2D eigenvalue weighted by molar-refractivity contribution is 0.0701. The van der Waals surface area contributed by atoms with E-state index in [2.05, 4.69) is 4.98 Å². The number of piperazine rings is 1. The molecule has 1 saturated heterocycles. The third-order valence-corrected chi connectivity index (χ3v) is 8.49. The van der Waals surface area contributed by atoms with E-state index < -0.39 is 26.6 Å². The molecule has 32 heavy (non-hydrogen) atoms. The van der Waals surface area contributed by atoms with Crippen molar-refractivity contribution in [3.05, 3.63) is 69.7 Å². The molecule has 1 aliphatic rings. The number of thiazole rings is 1. The highest BCUT2D eigenvalue weighted by Crippen LogP contribution is 2.31. The van der Waals surface area contributed by atoms with E-state index in [1.807, 2.05) is 6.07 Å². The molecule has 4 rings (SSSR count). The van der Waals surface area contributed by atoms with Gasteiger partial charge in [0.1, 0.15) is 21.5 Å². The monoisotopic (exact) mass is 497 g/mol. The first-order valence-electron chi connectivity index (χ1n) is 9.65. The Kier molecular flexibility index (Phi) is 6.30. The van der Waals surface area contributed by atoms with Crippen molar-refractivity contribution in [2.75, 3.05) is 26.2 Å². The molecule has 0 bridgehead atoms. The summed E-state index contributed by atoms with van der Waals surface area (Å²) in [7, 11) is -4.36. The van der Waals surface area contributed by atoms with Gasteiger partial charge in [0.15, 0.2) is 4.90 Å². The van der Waals surface area contributed by atoms with Crippen molar-refractivity contribution in [3.63, 3.8) is 0 Å². The molecule has 2 heterocycles. The van der Waals surface area contributed by atoms with Crippen molar-refractivity contribution in [1.29, 1.82) is 0 Å². The van der Waals surface area contributed by atoms with Gasteiger partial charge in [0.05, 0.1) is 5.69 Å². The fraction of sp³-hybridized carbons (Fsp3) is 0.238. The molecule has 1 amide bonds. The zero-order chi connectivity index (χ0) is 23.0. The maximum atomic E-state index is 14.0. The van der Waals surface area contributed by atoms with Crippen LogP contribution in [-0.2, 0) is 10.0 Å². The first-order chi connectivity index (χ1) is 15.2. The van der Waals surface area contributed by atoms with Gasteiger partial charge in [-0.15, -0.1) is 11.3 Å². The van der Waals surface area contributed by atoms with Gasteiger partial charge in [-0.05, 0) is 31.2 Å². The molecule has 0 atom stereocenters. The topological polar surface area (TPSA) is 70.6 Å². The molecule has 0 saturated carbocycles. The lowest BCUT2D eigenvalue weighted by Crippen LogP contribution is -2.50. The van der Waals surface area contributed by atoms with E-state index in [4.69, 9.17) is 11.6 Å². The molecule has 0 unspecified atom stereocenters. The van der Waals surface area contributed by atoms with Crippen molar-refractivity contribution in [2.45, 2.75) is 11.8 Å². The highest BCUT2D eigenvalue weighted by Gasteiger charge is 2.35. The van der Waals surface area contributed by atoms with Crippen molar-refractivity contribution >= 4 is 38.9 Å². The van der Waals surface area contributed by atoms with E-state index in [1.54, 1.807) is 25.1 Å². The lowest BCUT2D eigenvalue weighted by Gasteiger charge is -2.33. The van der Waals surface area contributed by atoms with Crippen molar-refractivity contribution in [3.8, 4) is 10.6 Å². The summed E-state index contributed by atoms with van der Waals surface area (Å²) in [6.45, 7) is 1.79. The number of rotatable bonds is 4. The molecule has 11 heteroatoms. The lowest BCUT2D eigenvalue weighted by atomic mass is 10.2. The summed E-state index contributed by atoms with van der Waals surface area (Å²) in [5.41, 5.74) is 1.37. The van der Waals surface area contributed by atoms with E-state index in [-0.39, 0.29) is 32.1 Å². The number of hydrogen-bond donors (Lipinski definition) is 0. The number of carbonyl (C=O) groups excluding carboxylic acids is 1. The summed E-state index contributed by atoms with van der Waals surface area (Å²) in [6.07, 6.45) is 0. The van der Waals surface area contributed by atoms with Crippen LogP contribution in [0.3, 0.4) is 0 Å². The maximum absolute atomic E-state index is 14.0. The molecule has 0 aliphatic carbocycles. The fourth-order valence-electron chi connectivity index (χ4n) is 3.47. The predicted molar refractivity (Wildman–Crippen MR) is 118 cm³/mol. The minimum Gasteiger partial charge on any atom is -0.335 e. The molecular weight excluding hydrogens is 480 g/mol. The van der Waals surface area contributed by atoms with Crippen LogP contribution in [0.1, 0.15) is 15.4 Å². The number of aryl methyl sites for hydroxylation is 1. The molecule has 2 aromatic carbocycles. The van der Waals surface area contributed by atoms with Gasteiger partial charge < -0.3 is 4.90 Å². The normalized spacial score (nSPS) is 15.2. The Bertz CT molecular complexity index is 1270. The van der Waals surface area contributed by atoms with Crippen LogP contribution >= 0.6 is 22.9 Å². The fourth-order valence-corrected chi connectivity index (χ4v) is 6.22. The minimum absolute atomic E-state index is 0.0686. The van der Waals surface area contributed by atoms with Gasteiger partial charge in [-0.3, -0.25) is 4.79 Å². The smallest absolute Gasteiger partial charge is 0.265 e. The first kappa shape index (κ1) is 22.8. The van der Waals surface area contributed by atoms with Crippen molar-refractivity contribution < 1.29 is 22.0 Å². The van der Waals surface area contributed by atoms with E-state index in [1.165, 1.54) is 16.2 Å². The SMILES string of the molecule is Cc1nc(-c2cccc(Cl)c2)sc1C(=O)N1CCN(S(=O)(=O)c2c(F)cccc2F)CC1. The van der Waals surface area contributed by atoms with Crippen LogP contribution in [0.25, 0.3) is 10.6 Å². The number of benzene rings is 2. The number of halogens is 3. The van der Waals surface area contributed by atoms with Crippen molar-refractivity contribution in [1.82, 2.24) is 14.2 Å². The molecule has 1 fully saturated rings. The third-order valence-electron chi connectivity index (χ3n) is 5.11. The van der Waals surface area contributed by atoms with Gasteiger partial charge in [-0.1, -0.05) is 29.8 Å². The molecule has 168 valence electrons. The van der Waals surface area contributed by atoms with Crippen LogP contribution in [0, 0.1) is 18.6 Å². The summed E-state index contributed by atoms with van der Waals surface area (Å²) in [5, 5.41) is 1.22. The van der Waals surface area contributed by atoms with Crippen molar-refractivity contribution in [2.24, 2.45) is 0 Å². The van der Waals surface area contributed by atoms with Crippen LogP contribution in [-0.4, -0.2) is 54.7 Å². The third kappa shape index (κ3) is 4.27. The Labute approximate surface area is 193 Å². The Hall–Kier alpha value is -2.40. The van der Waals surface area contributed by atoms with Crippen LogP contribution in [0.15, 0.2) is 47.4 Å². The Balaban J connectivity index is 1.50. The summed E-state index contributed by atoms with van der Waals surface area (Å²) in [5.74, 6) is -2.54. The second kappa shape index (κ2) is 8.86. The molecule has 1 aliphatic heterocycles. The molecule has 0 N–H and O–H groups in total. The maximum Gasteiger partial charge on any atom is 0.265 e. The average molecular weight is 498 g/mol. The highest BCUT2D eigenvalue weighted by molar-refractivity contribution is 7.89. The Morgan fingerprint density at radius 1 is 1.06 bits per heavy atom. The summed E-state index contributed by atoms with van der Waals surface area (Å²) >= 11 is 7.28. The number of sulfonamides is 1. The van der Waals surface area contributed by atoms with Gasteiger partial charge in [0.2, 0.25) is 10.0 Å². The molecule has 0 spiro atoms. The molecule has 1 aromatic heterocycles. The average Bonchev–Trinajstić information content (AvgIpc) is 3.15. The summed E-state index contributed by atoms with van der Waals surface area (Å²) in [4.78, 5) is 18.5. The van der Waals surface area contributed by atoms with Gasteiger partial charge in [0.25, 0.3) is 5.91 Å². The van der Waals surface area contributed by atoms with Crippen LogP contribution in [0.2, 0.25) is 5.02 Å². The predicted octanol–water partition coefficient (Wildman–Crippen LogP) is 4.20. The van der Waals surface area contributed by atoms with Crippen LogP contribution in [0.4, 0.5) is 8.78 Å². The summed E-state index contributed by atoms with van der Waals surface area (Å²) < 4.78 is 54.5. The van der Waals surface area contributed by atoms with E-state index in [0.717, 1.165) is 28.1 Å². The summed E-state index contributed by atoms with van der Waals surface area (Å²) in [6, 6.07) is 10.1. The number of aromatic nitrogens is 1. The number of carbonyl (C=O) groups is 1. The quantitative estimate of drug-likeness (QED) is 0.541. The van der Waals surface area contributed by atoms with E-state index in [9.17, 15) is 22.0 Å². The van der Waals surface area contributed by atoms with Crippen LogP contribution in [0.5, 0.6) is 0 Å². The van der Waals surface area contributed by atoms with Crippen LogP contribution < -0.4 is 0 Å². The first-order valence-corrected chi connectivity index (χ1v) is 12.3. The second-order valence-electron chi connectivity index (χ2n) is 7.19. The van der Waals surface area contributed by atoms with E-state index >= 15 is 0 Å². The highest BCUT2D eigenvalue weighted by atomic mass is 35.5. The number of amides is 1.